The molecular weight excluding hydrogens is 678 g/mol. The van der Waals surface area contributed by atoms with Crippen LogP contribution in [0.25, 0.3) is 11.3 Å². The fourth-order valence-electron chi connectivity index (χ4n) is 4.94. The molecule has 12 heteroatoms. The zero-order valence-corrected chi connectivity index (χ0v) is 25.2. The Kier molecular flexibility index (Phi) is 9.11. The summed E-state index contributed by atoms with van der Waals surface area (Å²) in [5, 5.41) is 21.4. The number of rotatable bonds is 10. The van der Waals surface area contributed by atoms with Gasteiger partial charge in [-0.25, -0.2) is 14.2 Å². The van der Waals surface area contributed by atoms with Gasteiger partial charge < -0.3 is 25.3 Å². The van der Waals surface area contributed by atoms with E-state index in [1.54, 1.807) is 36.4 Å². The van der Waals surface area contributed by atoms with E-state index in [2.05, 4.69) is 15.3 Å². The van der Waals surface area contributed by atoms with Crippen LogP contribution in [0.15, 0.2) is 72.8 Å². The number of hydrogen-bond acceptors (Lipinski definition) is 6. The Balaban J connectivity index is 1.51. The molecule has 3 atom stereocenters. The second-order valence-corrected chi connectivity index (χ2v) is 11.4. The number of carbonyl (C=O) groups excluding carboxylic acids is 2. The number of amides is 3. The maximum absolute atomic E-state index is 14.9. The highest BCUT2D eigenvalue weighted by molar-refractivity contribution is 14.1. The molecule has 218 valence electrons. The maximum atomic E-state index is 14.9. The number of urea groups is 1. The van der Waals surface area contributed by atoms with Crippen LogP contribution in [-0.4, -0.2) is 56.3 Å². The highest BCUT2D eigenvalue weighted by Crippen LogP contribution is 2.41. The zero-order valence-electron chi connectivity index (χ0n) is 22.3. The number of aromatic amines is 1. The monoisotopic (exact) mass is 704 g/mol. The van der Waals surface area contributed by atoms with Crippen LogP contribution >= 0.6 is 34.2 Å². The standard InChI is InChI=1S/C30H27ClFIN4O5/c1-16(17-5-3-2-4-6-17)26(28-34-25(27(31)36-28)22-12-9-19(33)13-23(22)32)37-29(40)24(35-30(37)41)18-7-10-20(11-8-18)42-21(14-38)15-39/h2-13,16,21,24,26,38-39H,14-15H2,1H3,(H,34,36)(H,35,41)/t16-,24+,26?/m0/s1. The van der Waals surface area contributed by atoms with E-state index in [0.717, 1.165) is 10.5 Å². The predicted molar refractivity (Wildman–Crippen MR) is 162 cm³/mol. The molecule has 1 saturated heterocycles. The number of imide groups is 1. The summed E-state index contributed by atoms with van der Waals surface area (Å²) in [6, 6.07) is 18.0. The molecule has 0 bridgehead atoms. The average Bonchev–Trinajstić information content (AvgIpc) is 3.51. The van der Waals surface area contributed by atoms with E-state index in [4.69, 9.17) is 16.3 Å². The Bertz CT molecular complexity index is 1580. The molecule has 42 heavy (non-hydrogen) atoms. The zero-order chi connectivity index (χ0) is 30.0. The molecule has 1 aliphatic rings. The summed E-state index contributed by atoms with van der Waals surface area (Å²) in [7, 11) is 0. The fraction of sp³-hybridized carbons (Fsp3) is 0.233. The van der Waals surface area contributed by atoms with Gasteiger partial charge in [-0.05, 0) is 64.0 Å². The second-order valence-electron chi connectivity index (χ2n) is 9.82. The van der Waals surface area contributed by atoms with Crippen molar-refractivity contribution in [1.82, 2.24) is 20.2 Å². The van der Waals surface area contributed by atoms with E-state index < -0.39 is 41.9 Å². The van der Waals surface area contributed by atoms with Crippen LogP contribution < -0.4 is 10.1 Å². The summed E-state index contributed by atoms with van der Waals surface area (Å²) in [6.07, 6.45) is -0.780. The quantitative estimate of drug-likeness (QED) is 0.130. The first-order valence-corrected chi connectivity index (χ1v) is 14.5. The van der Waals surface area contributed by atoms with E-state index in [1.807, 2.05) is 59.8 Å². The van der Waals surface area contributed by atoms with Gasteiger partial charge in [-0.2, -0.15) is 0 Å². The first-order chi connectivity index (χ1) is 20.2. The molecule has 1 aromatic heterocycles. The molecule has 4 aromatic rings. The van der Waals surface area contributed by atoms with E-state index >= 15 is 0 Å². The Morgan fingerprint density at radius 2 is 1.76 bits per heavy atom. The highest BCUT2D eigenvalue weighted by Gasteiger charge is 2.46. The van der Waals surface area contributed by atoms with Crippen molar-refractivity contribution < 1.29 is 28.9 Å². The third kappa shape index (κ3) is 6.00. The Hall–Kier alpha value is -3.52. The van der Waals surface area contributed by atoms with Crippen LogP contribution in [0.2, 0.25) is 5.15 Å². The summed E-state index contributed by atoms with van der Waals surface area (Å²) < 4.78 is 21.1. The van der Waals surface area contributed by atoms with Crippen LogP contribution in [0.1, 0.15) is 41.9 Å². The van der Waals surface area contributed by atoms with Crippen LogP contribution in [0, 0.1) is 9.39 Å². The smallest absolute Gasteiger partial charge is 0.325 e. The van der Waals surface area contributed by atoms with Gasteiger partial charge in [0.15, 0.2) is 0 Å². The van der Waals surface area contributed by atoms with Crippen molar-refractivity contribution in [3.8, 4) is 17.0 Å². The topological polar surface area (TPSA) is 128 Å². The number of benzene rings is 3. The minimum Gasteiger partial charge on any atom is -0.486 e. The number of hydrogen-bond donors (Lipinski definition) is 4. The third-order valence-electron chi connectivity index (χ3n) is 7.12. The van der Waals surface area contributed by atoms with Crippen LogP contribution in [0.4, 0.5) is 9.18 Å². The molecule has 3 aromatic carbocycles. The largest absolute Gasteiger partial charge is 0.486 e. The lowest BCUT2D eigenvalue weighted by molar-refractivity contribution is -0.129. The van der Waals surface area contributed by atoms with E-state index in [-0.39, 0.29) is 35.4 Å². The van der Waals surface area contributed by atoms with Crippen molar-refractivity contribution >= 4 is 46.1 Å². The second kappa shape index (κ2) is 12.8. The lowest BCUT2D eigenvalue weighted by Crippen LogP contribution is -2.38. The minimum absolute atomic E-state index is 0.0821. The number of nitrogens with one attached hydrogen (secondary N) is 2. The van der Waals surface area contributed by atoms with Gasteiger partial charge >= 0.3 is 6.03 Å². The molecular formula is C30H27ClFIN4O5. The number of nitrogens with zero attached hydrogens (tertiary/aromatic N) is 2. The molecule has 9 nitrogen and oxygen atoms in total. The first kappa shape index (κ1) is 30.0. The number of imidazole rings is 1. The molecule has 4 N–H and O–H groups in total. The summed E-state index contributed by atoms with van der Waals surface area (Å²) in [5.74, 6) is -0.797. The number of aliphatic hydroxyl groups excluding tert-OH is 2. The van der Waals surface area contributed by atoms with Crippen LogP contribution in [0.3, 0.4) is 0 Å². The van der Waals surface area contributed by atoms with Crippen LogP contribution in [0.5, 0.6) is 5.75 Å². The molecule has 1 fully saturated rings. The normalized spacial score (nSPS) is 16.5. The lowest BCUT2D eigenvalue weighted by atomic mass is 9.91. The van der Waals surface area contributed by atoms with Crippen molar-refractivity contribution in [3.63, 3.8) is 0 Å². The molecule has 0 radical (unpaired) electrons. The van der Waals surface area contributed by atoms with Crippen molar-refractivity contribution in [2.75, 3.05) is 13.2 Å². The summed E-state index contributed by atoms with van der Waals surface area (Å²) in [4.78, 5) is 36.1. The van der Waals surface area contributed by atoms with Crippen LogP contribution in [-0.2, 0) is 4.79 Å². The molecule has 0 aliphatic carbocycles. The molecule has 1 aliphatic heterocycles. The van der Waals surface area contributed by atoms with Gasteiger partial charge in [0.05, 0.1) is 13.2 Å². The van der Waals surface area contributed by atoms with Gasteiger partial charge in [0.1, 0.15) is 46.4 Å². The van der Waals surface area contributed by atoms with Gasteiger partial charge in [0, 0.05) is 15.1 Å². The van der Waals surface area contributed by atoms with Gasteiger partial charge in [-0.3, -0.25) is 9.69 Å². The predicted octanol–water partition coefficient (Wildman–Crippen LogP) is 5.34. The van der Waals surface area contributed by atoms with Crippen molar-refractivity contribution in [2.24, 2.45) is 0 Å². The van der Waals surface area contributed by atoms with Crippen molar-refractivity contribution in [1.29, 1.82) is 0 Å². The molecule has 3 amide bonds. The Morgan fingerprint density at radius 1 is 1.07 bits per heavy atom. The Morgan fingerprint density at radius 3 is 2.40 bits per heavy atom. The highest BCUT2D eigenvalue weighted by atomic mass is 127. The van der Waals surface area contributed by atoms with E-state index in [9.17, 15) is 24.2 Å². The number of carbonyl (C=O) groups is 2. The minimum atomic E-state index is -0.984. The van der Waals surface area contributed by atoms with Crippen molar-refractivity contribution in [3.05, 3.63) is 104 Å². The van der Waals surface area contributed by atoms with Crippen molar-refractivity contribution in [2.45, 2.75) is 31.0 Å². The maximum Gasteiger partial charge on any atom is 0.325 e. The lowest BCUT2D eigenvalue weighted by Gasteiger charge is -2.29. The summed E-state index contributed by atoms with van der Waals surface area (Å²) in [6.45, 7) is 1.15. The van der Waals surface area contributed by atoms with E-state index in [1.165, 1.54) is 6.07 Å². The molecule has 0 saturated carbocycles. The Labute approximate surface area is 259 Å². The third-order valence-corrected chi connectivity index (χ3v) is 8.06. The van der Waals surface area contributed by atoms with Gasteiger partial charge in [0.25, 0.3) is 5.91 Å². The average molecular weight is 705 g/mol. The number of ether oxygens (including phenoxy) is 1. The van der Waals surface area contributed by atoms with Gasteiger partial charge in [0.2, 0.25) is 0 Å². The van der Waals surface area contributed by atoms with Gasteiger partial charge in [-0.1, -0.05) is 61.0 Å². The molecule has 5 rings (SSSR count). The summed E-state index contributed by atoms with van der Waals surface area (Å²) >= 11 is 8.54. The fourth-order valence-corrected chi connectivity index (χ4v) is 5.63. The number of aliphatic hydroxyl groups is 2. The number of aromatic nitrogens is 2. The van der Waals surface area contributed by atoms with Gasteiger partial charge in [-0.15, -0.1) is 0 Å². The van der Waals surface area contributed by atoms with E-state index in [0.29, 0.717) is 14.9 Å². The molecule has 1 unspecified atom stereocenters. The number of halogens is 3. The molecule has 0 spiro atoms. The first-order valence-electron chi connectivity index (χ1n) is 13.1. The summed E-state index contributed by atoms with van der Waals surface area (Å²) in [5.41, 5.74) is 1.73. The SMILES string of the molecule is C[C@@H](c1ccccc1)C(c1nc(-c2ccc(I)cc2F)c(Cl)[nH]1)N1C(=O)N[C@H](c2ccc(OC(CO)CO)cc2)C1=O. The molecule has 2 heterocycles. The number of H-pyrrole nitrogens is 1.